The smallest absolute Gasteiger partial charge is 0.211 e. The summed E-state index contributed by atoms with van der Waals surface area (Å²) < 4.78 is 35.8. The average molecular weight is 327 g/mol. The summed E-state index contributed by atoms with van der Waals surface area (Å²) in [5, 5.41) is 17.9. The molecule has 0 amide bonds. The van der Waals surface area contributed by atoms with Crippen molar-refractivity contribution in [3.8, 4) is 0 Å². The molecule has 0 aromatic carbocycles. The maximum Gasteiger partial charge on any atom is 0.211 e. The summed E-state index contributed by atoms with van der Waals surface area (Å²) in [6.07, 6.45) is 0.463. The predicted octanol–water partition coefficient (Wildman–Crippen LogP) is -0.179. The molecule has 0 heterocycles. The highest BCUT2D eigenvalue weighted by Crippen LogP contribution is 2.07. The predicted molar refractivity (Wildman–Crippen MR) is 80.6 cm³/mol. The highest BCUT2D eigenvalue weighted by Gasteiger charge is 2.22. The zero-order chi connectivity index (χ0) is 16.5. The van der Waals surface area contributed by atoms with Crippen molar-refractivity contribution in [3.05, 3.63) is 0 Å². The van der Waals surface area contributed by atoms with E-state index in [1.54, 1.807) is 0 Å². The van der Waals surface area contributed by atoms with Crippen molar-refractivity contribution in [2.75, 3.05) is 39.2 Å². The monoisotopic (exact) mass is 327 g/mol. The first-order valence-corrected chi connectivity index (χ1v) is 9.02. The molecule has 0 aromatic heterocycles. The molecule has 8 heteroatoms. The van der Waals surface area contributed by atoms with Crippen LogP contribution < -0.4 is 0 Å². The van der Waals surface area contributed by atoms with Crippen LogP contribution >= 0.6 is 0 Å². The van der Waals surface area contributed by atoms with Crippen LogP contribution in [0.15, 0.2) is 0 Å². The molecule has 0 aliphatic carbocycles. The van der Waals surface area contributed by atoms with Crippen molar-refractivity contribution in [3.63, 3.8) is 0 Å². The number of ether oxygens (including phenoxy) is 2. The molecule has 0 rings (SSSR count). The molecule has 0 saturated heterocycles. The van der Waals surface area contributed by atoms with E-state index in [0.717, 1.165) is 0 Å². The second-order valence-electron chi connectivity index (χ2n) is 5.30. The molecule has 7 nitrogen and oxygen atoms in total. The van der Waals surface area contributed by atoms with Crippen LogP contribution in [0.5, 0.6) is 0 Å². The molecule has 0 bridgehead atoms. The Bertz CT molecular complexity index is 360. The molecule has 0 aliphatic rings. The molecule has 2 atom stereocenters. The number of aliphatic hydroxyl groups excluding tert-OH is 2. The first-order chi connectivity index (χ1) is 9.70. The number of rotatable bonds is 12. The van der Waals surface area contributed by atoms with Crippen molar-refractivity contribution in [2.24, 2.45) is 0 Å². The van der Waals surface area contributed by atoms with Gasteiger partial charge in [-0.1, -0.05) is 6.92 Å². The Hall–Kier alpha value is -0.250. The quantitative estimate of drug-likeness (QED) is 0.516. The van der Waals surface area contributed by atoms with Crippen molar-refractivity contribution >= 4 is 10.0 Å². The lowest BCUT2D eigenvalue weighted by atomic mass is 10.3. The minimum Gasteiger partial charge on any atom is -0.394 e. The van der Waals surface area contributed by atoms with Crippen LogP contribution in [0.1, 0.15) is 27.2 Å². The van der Waals surface area contributed by atoms with E-state index in [2.05, 4.69) is 0 Å². The Morgan fingerprint density at radius 1 is 1.24 bits per heavy atom. The van der Waals surface area contributed by atoms with E-state index in [0.29, 0.717) is 13.0 Å². The normalized spacial score (nSPS) is 15.6. The lowest BCUT2D eigenvalue weighted by molar-refractivity contribution is -0.0695. The van der Waals surface area contributed by atoms with E-state index in [9.17, 15) is 13.5 Å². The Labute approximate surface area is 127 Å². The van der Waals surface area contributed by atoms with Gasteiger partial charge < -0.3 is 19.7 Å². The van der Waals surface area contributed by atoms with Gasteiger partial charge in [-0.15, -0.1) is 0 Å². The summed E-state index contributed by atoms with van der Waals surface area (Å²) >= 11 is 0. The van der Waals surface area contributed by atoms with Gasteiger partial charge in [-0.3, -0.25) is 0 Å². The summed E-state index contributed by atoms with van der Waals surface area (Å²) in [5.41, 5.74) is 0. The fourth-order valence-electron chi connectivity index (χ4n) is 1.78. The van der Waals surface area contributed by atoms with Crippen molar-refractivity contribution in [1.82, 2.24) is 4.31 Å². The van der Waals surface area contributed by atoms with Gasteiger partial charge in [0, 0.05) is 13.1 Å². The summed E-state index contributed by atoms with van der Waals surface area (Å²) in [5.74, 6) is 0. The van der Waals surface area contributed by atoms with Gasteiger partial charge in [0.05, 0.1) is 38.3 Å². The minimum absolute atomic E-state index is 0.0128. The molecule has 21 heavy (non-hydrogen) atoms. The van der Waals surface area contributed by atoms with Crippen LogP contribution in [0.25, 0.3) is 0 Å². The van der Waals surface area contributed by atoms with E-state index in [4.69, 9.17) is 14.6 Å². The van der Waals surface area contributed by atoms with E-state index in [-0.39, 0.29) is 32.5 Å². The van der Waals surface area contributed by atoms with Gasteiger partial charge in [-0.2, -0.15) is 4.31 Å². The van der Waals surface area contributed by atoms with Gasteiger partial charge in [-0.05, 0) is 20.3 Å². The molecule has 0 aliphatic heterocycles. The maximum atomic E-state index is 11.7. The largest absolute Gasteiger partial charge is 0.394 e. The molecular weight excluding hydrogens is 298 g/mol. The second kappa shape index (κ2) is 10.5. The van der Waals surface area contributed by atoms with Gasteiger partial charge in [0.1, 0.15) is 6.10 Å². The Morgan fingerprint density at radius 3 is 2.29 bits per heavy atom. The van der Waals surface area contributed by atoms with E-state index in [1.807, 2.05) is 20.8 Å². The molecular formula is C13H29NO6S. The van der Waals surface area contributed by atoms with E-state index >= 15 is 0 Å². The molecule has 0 aromatic rings. The molecule has 0 spiro atoms. The molecule has 2 N–H and O–H groups in total. The fourth-order valence-corrected chi connectivity index (χ4v) is 2.73. The van der Waals surface area contributed by atoms with Gasteiger partial charge >= 0.3 is 0 Å². The highest BCUT2D eigenvalue weighted by molar-refractivity contribution is 7.88. The molecule has 2 unspecified atom stereocenters. The number of nitrogens with zero attached hydrogens (tertiary/aromatic N) is 1. The molecule has 128 valence electrons. The molecule has 0 fully saturated rings. The van der Waals surface area contributed by atoms with Gasteiger partial charge in [0.15, 0.2) is 0 Å². The minimum atomic E-state index is -3.30. The standard InChI is InChI=1S/C13H29NO6S/c1-5-6-14(21(4,17)18)7-13(20-11(2)3)10-19-9-12(16)8-15/h11-13,15-16H,5-10H2,1-4H3. The average Bonchev–Trinajstić information content (AvgIpc) is 2.35. The van der Waals surface area contributed by atoms with Gasteiger partial charge in [0.2, 0.25) is 10.0 Å². The van der Waals surface area contributed by atoms with Gasteiger partial charge in [-0.25, -0.2) is 8.42 Å². The topological polar surface area (TPSA) is 96.3 Å². The number of sulfonamides is 1. The van der Waals surface area contributed by atoms with Crippen LogP contribution in [0, 0.1) is 0 Å². The Morgan fingerprint density at radius 2 is 1.86 bits per heavy atom. The number of aliphatic hydroxyl groups is 2. The highest BCUT2D eigenvalue weighted by atomic mass is 32.2. The third kappa shape index (κ3) is 10.2. The summed E-state index contributed by atoms with van der Waals surface area (Å²) in [4.78, 5) is 0. The zero-order valence-corrected chi connectivity index (χ0v) is 14.2. The lowest BCUT2D eigenvalue weighted by Gasteiger charge is -2.27. The summed E-state index contributed by atoms with van der Waals surface area (Å²) in [6, 6.07) is 0. The third-order valence-electron chi connectivity index (χ3n) is 2.64. The zero-order valence-electron chi connectivity index (χ0n) is 13.4. The second-order valence-corrected chi connectivity index (χ2v) is 7.28. The first-order valence-electron chi connectivity index (χ1n) is 7.17. The molecule has 0 saturated carbocycles. The SMILES string of the molecule is CCCN(CC(COCC(O)CO)OC(C)C)S(C)(=O)=O. The van der Waals surface area contributed by atoms with Crippen LogP contribution in [0.4, 0.5) is 0 Å². The van der Waals surface area contributed by atoms with E-state index in [1.165, 1.54) is 10.6 Å². The van der Waals surface area contributed by atoms with Gasteiger partial charge in [0.25, 0.3) is 0 Å². The van der Waals surface area contributed by atoms with Crippen molar-refractivity contribution in [2.45, 2.75) is 45.5 Å². The van der Waals surface area contributed by atoms with Crippen LogP contribution in [-0.4, -0.2) is 80.4 Å². The number of hydrogen-bond acceptors (Lipinski definition) is 6. The van der Waals surface area contributed by atoms with Crippen molar-refractivity contribution < 1.29 is 28.1 Å². The van der Waals surface area contributed by atoms with Crippen molar-refractivity contribution in [1.29, 1.82) is 0 Å². The Balaban J connectivity index is 4.58. The maximum absolute atomic E-state index is 11.7. The van der Waals surface area contributed by atoms with Crippen LogP contribution in [0.3, 0.4) is 0 Å². The lowest BCUT2D eigenvalue weighted by Crippen LogP contribution is -2.41. The summed E-state index contributed by atoms with van der Waals surface area (Å²) in [7, 11) is -3.30. The molecule has 0 radical (unpaired) electrons. The summed E-state index contributed by atoms with van der Waals surface area (Å²) in [6.45, 7) is 6.04. The first kappa shape index (κ1) is 20.8. The third-order valence-corrected chi connectivity index (χ3v) is 3.91. The van der Waals surface area contributed by atoms with Crippen LogP contribution in [0.2, 0.25) is 0 Å². The number of hydrogen-bond donors (Lipinski definition) is 2. The van der Waals surface area contributed by atoms with Crippen LogP contribution in [-0.2, 0) is 19.5 Å². The fraction of sp³-hybridized carbons (Fsp3) is 1.00. The Kier molecular flexibility index (Phi) is 10.3. The van der Waals surface area contributed by atoms with E-state index < -0.39 is 22.2 Å².